The molecule has 10 heavy (non-hydrogen) atoms. The van der Waals surface area contributed by atoms with Crippen LogP contribution in [0.5, 0.6) is 0 Å². The fourth-order valence-electron chi connectivity index (χ4n) is 0.259. The molecule has 0 aliphatic carbocycles. The van der Waals surface area contributed by atoms with Gasteiger partial charge in [0.1, 0.15) is 0 Å². The third kappa shape index (κ3) is 5.33. The van der Waals surface area contributed by atoms with Crippen molar-refractivity contribution in [3.05, 3.63) is 0 Å². The maximum atomic E-state index is 8.65. The highest BCUT2D eigenvalue weighted by molar-refractivity contribution is 5.45. The van der Waals surface area contributed by atoms with Crippen molar-refractivity contribution in [3.8, 4) is 0 Å². The first-order valence-corrected chi connectivity index (χ1v) is 2.90. The zero-order chi connectivity index (χ0) is 7.82. The third-order valence-corrected chi connectivity index (χ3v) is 0.702. The van der Waals surface area contributed by atoms with E-state index in [9.17, 15) is 0 Å². The Hall–Kier alpha value is -0.810. The van der Waals surface area contributed by atoms with E-state index in [4.69, 9.17) is 9.84 Å². The van der Waals surface area contributed by atoms with Crippen LogP contribution in [0.25, 0.3) is 0 Å². The van der Waals surface area contributed by atoms with Crippen molar-refractivity contribution in [2.75, 3.05) is 13.7 Å². The lowest BCUT2D eigenvalue weighted by atomic mass is 10.9. The molecule has 0 aromatic rings. The van der Waals surface area contributed by atoms with Crippen LogP contribution >= 0.6 is 0 Å². The van der Waals surface area contributed by atoms with Gasteiger partial charge in [-0.1, -0.05) is 0 Å². The Morgan fingerprint density at radius 1 is 1.80 bits per heavy atom. The summed E-state index contributed by atoms with van der Waals surface area (Å²) in [6.07, 6.45) is 0.124. The monoisotopic (exact) mass is 148 g/mol. The lowest BCUT2D eigenvalue weighted by Gasteiger charge is -2.05. The van der Waals surface area contributed by atoms with Gasteiger partial charge in [0.05, 0.1) is 6.61 Å². The highest BCUT2D eigenvalue weighted by atomic mass is 16.6. The van der Waals surface area contributed by atoms with E-state index < -0.39 is 6.41 Å². The summed E-state index contributed by atoms with van der Waals surface area (Å²) in [4.78, 5) is 0. The van der Waals surface area contributed by atoms with Gasteiger partial charge in [-0.3, -0.25) is 5.43 Å². The summed E-state index contributed by atoms with van der Waals surface area (Å²) < 4.78 is 9.11. The first kappa shape index (κ1) is 9.19. The minimum absolute atomic E-state index is 0.550. The number of rotatable bonds is 5. The summed E-state index contributed by atoms with van der Waals surface area (Å²) in [5, 5.41) is 12.1. The quantitative estimate of drug-likeness (QED) is 0.238. The van der Waals surface area contributed by atoms with Crippen LogP contribution in [-0.2, 0) is 9.47 Å². The molecular formula is C5H12N2O3. The van der Waals surface area contributed by atoms with E-state index >= 15 is 0 Å². The van der Waals surface area contributed by atoms with Gasteiger partial charge in [0.2, 0.25) is 6.41 Å². The van der Waals surface area contributed by atoms with Gasteiger partial charge in [-0.2, -0.15) is 0 Å². The summed E-state index contributed by atoms with van der Waals surface area (Å²) in [5.41, 5.74) is 2.24. The van der Waals surface area contributed by atoms with Gasteiger partial charge in [-0.15, -0.1) is 5.10 Å². The molecule has 0 saturated carbocycles. The lowest BCUT2D eigenvalue weighted by Crippen LogP contribution is -2.25. The molecular weight excluding hydrogens is 136 g/mol. The molecule has 0 spiro atoms. The zero-order valence-electron chi connectivity index (χ0n) is 6.07. The Kier molecular flexibility index (Phi) is 5.80. The number of methoxy groups -OCH3 is 1. The molecule has 0 rings (SSSR count). The van der Waals surface area contributed by atoms with Crippen molar-refractivity contribution in [2.24, 2.45) is 5.10 Å². The molecule has 60 valence electrons. The summed E-state index contributed by atoms with van der Waals surface area (Å²) in [5.74, 6) is 0. The highest BCUT2D eigenvalue weighted by Gasteiger charge is 1.92. The molecule has 0 aliphatic rings. The molecule has 1 unspecified atom stereocenters. The smallest absolute Gasteiger partial charge is 0.250 e. The second-order valence-corrected chi connectivity index (χ2v) is 1.41. The van der Waals surface area contributed by atoms with Crippen LogP contribution in [0.15, 0.2) is 5.10 Å². The van der Waals surface area contributed by atoms with Crippen LogP contribution in [0.3, 0.4) is 0 Å². The Labute approximate surface area is 59.6 Å². The van der Waals surface area contributed by atoms with E-state index in [1.165, 1.54) is 13.5 Å². The average Bonchev–Trinajstić information content (AvgIpc) is 1.98. The number of hydrazone groups is 1. The molecule has 0 bridgehead atoms. The molecule has 1 atom stereocenters. The first-order chi connectivity index (χ1) is 4.81. The van der Waals surface area contributed by atoms with Gasteiger partial charge in [0.15, 0.2) is 6.40 Å². The van der Waals surface area contributed by atoms with Crippen LogP contribution in [0.1, 0.15) is 6.92 Å². The van der Waals surface area contributed by atoms with Gasteiger partial charge in [0.25, 0.3) is 0 Å². The number of aliphatic hydroxyl groups excluding tert-OH is 1. The average molecular weight is 148 g/mol. The Balaban J connectivity index is 3.16. The summed E-state index contributed by atoms with van der Waals surface area (Å²) >= 11 is 0. The molecule has 0 radical (unpaired) electrons. The number of ether oxygens (including phenoxy) is 2. The van der Waals surface area contributed by atoms with Gasteiger partial charge in [-0.25, -0.2) is 0 Å². The number of nitrogens with zero attached hydrogens (tertiary/aromatic N) is 1. The second-order valence-electron chi connectivity index (χ2n) is 1.41. The Morgan fingerprint density at radius 3 is 3.00 bits per heavy atom. The molecule has 0 aromatic heterocycles. The molecule has 5 heteroatoms. The number of nitrogens with one attached hydrogen (secondary N) is 1. The summed E-state index contributed by atoms with van der Waals surface area (Å²) in [6.45, 7) is 2.38. The summed E-state index contributed by atoms with van der Waals surface area (Å²) in [6, 6.07) is 0. The Bertz CT molecular complexity index is 96.9. The number of hydrogen-bond donors (Lipinski definition) is 2. The van der Waals surface area contributed by atoms with E-state index in [0.29, 0.717) is 6.61 Å². The normalized spacial score (nSPS) is 13.5. The molecule has 0 saturated heterocycles. The van der Waals surface area contributed by atoms with Crippen LogP contribution < -0.4 is 5.43 Å². The second kappa shape index (κ2) is 6.31. The van der Waals surface area contributed by atoms with E-state index in [1.807, 2.05) is 6.92 Å². The van der Waals surface area contributed by atoms with E-state index in [-0.39, 0.29) is 0 Å². The van der Waals surface area contributed by atoms with Crippen LogP contribution in [-0.4, -0.2) is 31.6 Å². The van der Waals surface area contributed by atoms with Gasteiger partial charge in [0, 0.05) is 7.11 Å². The zero-order valence-corrected chi connectivity index (χ0v) is 6.07. The minimum Gasteiger partial charge on any atom is -0.482 e. The van der Waals surface area contributed by atoms with Crippen LogP contribution in [0, 0.1) is 0 Å². The van der Waals surface area contributed by atoms with Crippen molar-refractivity contribution < 1.29 is 14.6 Å². The Morgan fingerprint density at radius 2 is 2.50 bits per heavy atom. The van der Waals surface area contributed by atoms with Crippen molar-refractivity contribution >= 4 is 6.40 Å². The fraction of sp³-hybridized carbons (Fsp3) is 0.800. The SMILES string of the molecule is CCOC=NNC(O)OC. The third-order valence-electron chi connectivity index (χ3n) is 0.702. The van der Waals surface area contributed by atoms with E-state index in [2.05, 4.69) is 15.3 Å². The van der Waals surface area contributed by atoms with Crippen molar-refractivity contribution in [3.63, 3.8) is 0 Å². The molecule has 0 heterocycles. The maximum absolute atomic E-state index is 8.65. The topological polar surface area (TPSA) is 63.1 Å². The molecule has 2 N–H and O–H groups in total. The van der Waals surface area contributed by atoms with Crippen molar-refractivity contribution in [1.82, 2.24) is 5.43 Å². The maximum Gasteiger partial charge on any atom is 0.250 e. The fourth-order valence-corrected chi connectivity index (χ4v) is 0.259. The lowest BCUT2D eigenvalue weighted by molar-refractivity contribution is -0.0963. The van der Waals surface area contributed by atoms with Gasteiger partial charge in [-0.05, 0) is 6.92 Å². The highest BCUT2D eigenvalue weighted by Crippen LogP contribution is 1.74. The molecule has 0 fully saturated rings. The molecule has 5 nitrogen and oxygen atoms in total. The van der Waals surface area contributed by atoms with Crippen LogP contribution in [0.4, 0.5) is 0 Å². The van der Waals surface area contributed by atoms with Gasteiger partial charge < -0.3 is 14.6 Å². The van der Waals surface area contributed by atoms with E-state index in [0.717, 1.165) is 0 Å². The standard InChI is InChI=1S/C5H12N2O3/c1-3-10-4-6-7-5(8)9-2/h4-5,7-8H,3H2,1-2H3. The predicted octanol–water partition coefficient (Wildman–Crippen LogP) is -0.522. The van der Waals surface area contributed by atoms with Gasteiger partial charge >= 0.3 is 0 Å². The number of hydrogen-bond acceptors (Lipinski definition) is 5. The molecule has 0 amide bonds. The first-order valence-electron chi connectivity index (χ1n) is 2.90. The van der Waals surface area contributed by atoms with Crippen molar-refractivity contribution in [2.45, 2.75) is 13.3 Å². The summed E-state index contributed by atoms with van der Waals surface area (Å²) in [7, 11) is 1.36. The van der Waals surface area contributed by atoms with E-state index in [1.54, 1.807) is 0 Å². The largest absolute Gasteiger partial charge is 0.482 e. The predicted molar refractivity (Wildman–Crippen MR) is 36.3 cm³/mol. The minimum atomic E-state index is -1.07. The molecule has 0 aromatic carbocycles. The molecule has 0 aliphatic heterocycles. The number of aliphatic hydroxyl groups is 1. The van der Waals surface area contributed by atoms with Crippen molar-refractivity contribution in [1.29, 1.82) is 0 Å². The van der Waals surface area contributed by atoms with Crippen LogP contribution in [0.2, 0.25) is 0 Å².